The summed E-state index contributed by atoms with van der Waals surface area (Å²) in [5, 5.41) is 3.39. The number of hydrogen-bond acceptors (Lipinski definition) is 3. The lowest BCUT2D eigenvalue weighted by Gasteiger charge is -2.05. The molecule has 0 atom stereocenters. The van der Waals surface area contributed by atoms with Crippen LogP contribution in [0.3, 0.4) is 0 Å². The summed E-state index contributed by atoms with van der Waals surface area (Å²) in [6.45, 7) is 2.68. The maximum atomic E-state index is 12.0. The van der Waals surface area contributed by atoms with E-state index in [9.17, 15) is 9.59 Å². The molecule has 22 heavy (non-hydrogen) atoms. The van der Waals surface area contributed by atoms with Gasteiger partial charge in [-0.3, -0.25) is 9.59 Å². The highest BCUT2D eigenvalue weighted by molar-refractivity contribution is 6.30. The molecule has 0 aliphatic heterocycles. The van der Waals surface area contributed by atoms with E-state index in [4.69, 9.17) is 11.6 Å². The summed E-state index contributed by atoms with van der Waals surface area (Å²) in [4.78, 5) is 30.7. The molecule has 0 unspecified atom stereocenters. The van der Waals surface area contributed by atoms with Crippen molar-refractivity contribution in [3.05, 3.63) is 51.4 Å². The third-order valence-electron chi connectivity index (χ3n) is 3.19. The first-order valence-corrected chi connectivity index (χ1v) is 7.58. The molecule has 0 bridgehead atoms. The second kappa shape index (κ2) is 7.75. The largest absolute Gasteiger partial charge is 0.356 e. The van der Waals surface area contributed by atoms with E-state index >= 15 is 0 Å². The predicted octanol–water partition coefficient (Wildman–Crippen LogP) is 2.55. The minimum absolute atomic E-state index is 0.0347. The van der Waals surface area contributed by atoms with E-state index in [1.54, 1.807) is 24.3 Å². The number of aromatic nitrogens is 2. The lowest BCUT2D eigenvalue weighted by Crippen LogP contribution is -2.28. The Labute approximate surface area is 133 Å². The summed E-state index contributed by atoms with van der Waals surface area (Å²) in [6, 6.07) is 7.01. The van der Waals surface area contributed by atoms with Crippen molar-refractivity contribution in [1.29, 1.82) is 0 Å². The molecular formula is C16H18ClN3O2. The van der Waals surface area contributed by atoms with Crippen molar-refractivity contribution in [2.45, 2.75) is 26.2 Å². The predicted molar refractivity (Wildman–Crippen MR) is 86.9 cm³/mol. The molecule has 116 valence electrons. The standard InChI is InChI=1S/C16H18ClN3O2/c1-2-3-8-18-14(21)9-12-10-19-15(20-16(12)22)11-4-6-13(17)7-5-11/h4-7,10H,2-3,8-9H2,1H3,(H,18,21)(H,19,20,22). The molecule has 6 heteroatoms. The number of benzene rings is 1. The van der Waals surface area contributed by atoms with Crippen LogP contribution in [-0.4, -0.2) is 22.4 Å². The van der Waals surface area contributed by atoms with Gasteiger partial charge in [0.2, 0.25) is 5.91 Å². The summed E-state index contributed by atoms with van der Waals surface area (Å²) < 4.78 is 0. The Kier molecular flexibility index (Phi) is 5.72. The van der Waals surface area contributed by atoms with Crippen molar-refractivity contribution in [3.63, 3.8) is 0 Å². The zero-order chi connectivity index (χ0) is 15.9. The molecule has 0 radical (unpaired) electrons. The highest BCUT2D eigenvalue weighted by Gasteiger charge is 2.09. The molecule has 2 aromatic rings. The first kappa shape index (κ1) is 16.2. The third-order valence-corrected chi connectivity index (χ3v) is 3.45. The maximum Gasteiger partial charge on any atom is 0.254 e. The van der Waals surface area contributed by atoms with Crippen LogP contribution in [0, 0.1) is 0 Å². The van der Waals surface area contributed by atoms with Gasteiger partial charge in [0.15, 0.2) is 0 Å². The molecule has 0 saturated carbocycles. The topological polar surface area (TPSA) is 74.8 Å². The van der Waals surface area contributed by atoms with Crippen molar-refractivity contribution >= 4 is 17.5 Å². The maximum absolute atomic E-state index is 12.0. The average Bonchev–Trinajstić information content (AvgIpc) is 2.50. The van der Waals surface area contributed by atoms with Gasteiger partial charge in [-0.1, -0.05) is 24.9 Å². The van der Waals surface area contributed by atoms with Crippen LogP contribution in [-0.2, 0) is 11.2 Å². The number of aromatic amines is 1. The van der Waals surface area contributed by atoms with Crippen LogP contribution >= 0.6 is 11.6 Å². The third kappa shape index (κ3) is 4.43. The molecule has 0 saturated heterocycles. The van der Waals surface area contributed by atoms with Crippen LogP contribution < -0.4 is 10.9 Å². The van der Waals surface area contributed by atoms with Gasteiger partial charge < -0.3 is 10.3 Å². The van der Waals surface area contributed by atoms with Crippen molar-refractivity contribution < 1.29 is 4.79 Å². The molecular weight excluding hydrogens is 302 g/mol. The second-order valence-corrected chi connectivity index (χ2v) is 5.41. The highest BCUT2D eigenvalue weighted by Crippen LogP contribution is 2.16. The molecule has 0 aliphatic rings. The smallest absolute Gasteiger partial charge is 0.254 e. The van der Waals surface area contributed by atoms with Gasteiger partial charge >= 0.3 is 0 Å². The van der Waals surface area contributed by atoms with Crippen LogP contribution in [0.5, 0.6) is 0 Å². The van der Waals surface area contributed by atoms with E-state index < -0.39 is 0 Å². The van der Waals surface area contributed by atoms with Crippen LogP contribution in [0.25, 0.3) is 11.4 Å². The molecule has 1 aromatic carbocycles. The number of halogens is 1. The molecule has 0 spiro atoms. The fourth-order valence-corrected chi connectivity index (χ4v) is 2.07. The van der Waals surface area contributed by atoms with Crippen LogP contribution in [0.15, 0.2) is 35.3 Å². The molecule has 2 N–H and O–H groups in total. The number of rotatable bonds is 6. The van der Waals surface area contributed by atoms with E-state index in [0.717, 1.165) is 18.4 Å². The molecule has 1 amide bonds. The van der Waals surface area contributed by atoms with Gasteiger partial charge in [0.1, 0.15) is 5.82 Å². The van der Waals surface area contributed by atoms with Gasteiger partial charge in [-0.25, -0.2) is 4.98 Å². The summed E-state index contributed by atoms with van der Waals surface area (Å²) in [6.07, 6.45) is 3.42. The normalized spacial score (nSPS) is 10.5. The second-order valence-electron chi connectivity index (χ2n) is 4.97. The number of hydrogen-bond donors (Lipinski definition) is 2. The van der Waals surface area contributed by atoms with Crippen molar-refractivity contribution in [2.24, 2.45) is 0 Å². The molecule has 0 fully saturated rings. The van der Waals surface area contributed by atoms with Crippen molar-refractivity contribution in [2.75, 3.05) is 6.54 Å². The summed E-state index contributed by atoms with van der Waals surface area (Å²) in [5.74, 6) is 0.289. The fourth-order valence-electron chi connectivity index (χ4n) is 1.94. The van der Waals surface area contributed by atoms with Gasteiger partial charge in [-0.05, 0) is 30.7 Å². The molecule has 1 aromatic heterocycles. The Bertz CT molecular complexity index is 695. The number of unbranched alkanes of at least 4 members (excludes halogenated alkanes) is 1. The number of amides is 1. The number of nitrogens with zero attached hydrogens (tertiary/aromatic N) is 1. The number of H-pyrrole nitrogens is 1. The van der Waals surface area contributed by atoms with E-state index in [2.05, 4.69) is 22.2 Å². The van der Waals surface area contributed by atoms with Crippen molar-refractivity contribution in [1.82, 2.24) is 15.3 Å². The number of carbonyl (C=O) groups excluding carboxylic acids is 1. The minimum Gasteiger partial charge on any atom is -0.356 e. The Morgan fingerprint density at radius 2 is 2.05 bits per heavy atom. The SMILES string of the molecule is CCCCNC(=O)Cc1cnc(-c2ccc(Cl)cc2)[nH]c1=O. The first-order chi connectivity index (χ1) is 10.6. The monoisotopic (exact) mass is 319 g/mol. The number of nitrogens with one attached hydrogen (secondary N) is 2. The van der Waals surface area contributed by atoms with Gasteiger partial charge in [0.05, 0.1) is 6.42 Å². The Morgan fingerprint density at radius 1 is 1.32 bits per heavy atom. The quantitative estimate of drug-likeness (QED) is 0.803. The average molecular weight is 320 g/mol. The van der Waals surface area contributed by atoms with E-state index in [1.165, 1.54) is 6.20 Å². The molecule has 5 nitrogen and oxygen atoms in total. The Balaban J connectivity index is 2.08. The number of carbonyl (C=O) groups is 1. The van der Waals surface area contributed by atoms with E-state index in [-0.39, 0.29) is 17.9 Å². The first-order valence-electron chi connectivity index (χ1n) is 7.21. The van der Waals surface area contributed by atoms with Gasteiger partial charge in [0, 0.05) is 28.9 Å². The lowest BCUT2D eigenvalue weighted by molar-refractivity contribution is -0.120. The van der Waals surface area contributed by atoms with E-state index in [1.807, 2.05) is 0 Å². The van der Waals surface area contributed by atoms with Crippen LogP contribution in [0.2, 0.25) is 5.02 Å². The summed E-state index contributed by atoms with van der Waals surface area (Å²) in [5.41, 5.74) is 0.817. The Hall–Kier alpha value is -2.14. The molecule has 2 rings (SSSR count). The zero-order valence-corrected chi connectivity index (χ0v) is 13.1. The molecule has 0 aliphatic carbocycles. The molecule has 1 heterocycles. The van der Waals surface area contributed by atoms with Gasteiger partial charge in [-0.2, -0.15) is 0 Å². The highest BCUT2D eigenvalue weighted by atomic mass is 35.5. The zero-order valence-electron chi connectivity index (χ0n) is 12.4. The van der Waals surface area contributed by atoms with Gasteiger partial charge in [0.25, 0.3) is 5.56 Å². The van der Waals surface area contributed by atoms with Crippen molar-refractivity contribution in [3.8, 4) is 11.4 Å². The van der Waals surface area contributed by atoms with E-state index in [0.29, 0.717) is 23.0 Å². The fraction of sp³-hybridized carbons (Fsp3) is 0.312. The summed E-state index contributed by atoms with van der Waals surface area (Å²) >= 11 is 5.83. The van der Waals surface area contributed by atoms with Crippen LogP contribution in [0.4, 0.5) is 0 Å². The summed E-state index contributed by atoms with van der Waals surface area (Å²) in [7, 11) is 0. The Morgan fingerprint density at radius 3 is 2.68 bits per heavy atom. The van der Waals surface area contributed by atoms with Crippen LogP contribution in [0.1, 0.15) is 25.3 Å². The van der Waals surface area contributed by atoms with Gasteiger partial charge in [-0.15, -0.1) is 0 Å². The minimum atomic E-state index is -0.300. The lowest BCUT2D eigenvalue weighted by atomic mass is 10.2.